The van der Waals surface area contributed by atoms with Crippen molar-refractivity contribution in [3.8, 4) is 11.5 Å². The Kier molecular flexibility index (Phi) is 4.24. The summed E-state index contributed by atoms with van der Waals surface area (Å²) in [6.07, 6.45) is 1.58. The fourth-order valence-corrected chi connectivity index (χ4v) is 1.81. The number of nitrogens with zero attached hydrogens (tertiary/aromatic N) is 1. The molecule has 0 aromatic heterocycles. The summed E-state index contributed by atoms with van der Waals surface area (Å²) in [7, 11) is 0. The third kappa shape index (κ3) is 3.28. The number of anilines is 1. The summed E-state index contributed by atoms with van der Waals surface area (Å²) in [5.41, 5.74) is 0.598. The number of hydrogen-bond donors (Lipinski definition) is 1. The summed E-state index contributed by atoms with van der Waals surface area (Å²) < 4.78 is 10.4. The lowest BCUT2D eigenvalue weighted by atomic mass is 10.2. The smallest absolute Gasteiger partial charge is 0.244 e. The second-order valence-corrected chi connectivity index (χ2v) is 4.30. The molecule has 1 heterocycles. The normalized spacial score (nSPS) is 11.8. The Morgan fingerprint density at radius 2 is 2.15 bits per heavy atom. The van der Waals surface area contributed by atoms with Gasteiger partial charge in [0.15, 0.2) is 11.5 Å². The zero-order valence-electron chi connectivity index (χ0n) is 11.2. The molecule has 6 nitrogen and oxygen atoms in total. The molecule has 20 heavy (non-hydrogen) atoms. The number of nitrogens with one attached hydrogen (secondary N) is 1. The van der Waals surface area contributed by atoms with Crippen LogP contribution in [0.3, 0.4) is 0 Å². The van der Waals surface area contributed by atoms with E-state index < -0.39 is 0 Å². The van der Waals surface area contributed by atoms with E-state index in [2.05, 4.69) is 11.9 Å². The molecule has 0 aliphatic carbocycles. The van der Waals surface area contributed by atoms with E-state index in [4.69, 9.17) is 9.47 Å². The third-order valence-electron chi connectivity index (χ3n) is 2.79. The van der Waals surface area contributed by atoms with Gasteiger partial charge in [-0.2, -0.15) is 0 Å². The van der Waals surface area contributed by atoms with Gasteiger partial charge in [-0.25, -0.2) is 0 Å². The van der Waals surface area contributed by atoms with Crippen molar-refractivity contribution in [1.29, 1.82) is 0 Å². The van der Waals surface area contributed by atoms with E-state index in [1.807, 2.05) is 0 Å². The highest BCUT2D eigenvalue weighted by molar-refractivity contribution is 5.94. The second kappa shape index (κ2) is 6.10. The molecule has 1 aromatic rings. The maximum atomic E-state index is 11.9. The van der Waals surface area contributed by atoms with Crippen LogP contribution in [0.5, 0.6) is 11.5 Å². The van der Waals surface area contributed by atoms with E-state index >= 15 is 0 Å². The number of carbonyl (C=O) groups excluding carboxylic acids is 2. The average Bonchev–Trinajstić information content (AvgIpc) is 2.85. The van der Waals surface area contributed by atoms with Crippen molar-refractivity contribution < 1.29 is 19.1 Å². The highest BCUT2D eigenvalue weighted by atomic mass is 16.7. The lowest BCUT2D eigenvalue weighted by Gasteiger charge is -2.18. The molecule has 0 atom stereocenters. The van der Waals surface area contributed by atoms with Crippen molar-refractivity contribution in [1.82, 2.24) is 4.90 Å². The number of rotatable bonds is 5. The summed E-state index contributed by atoms with van der Waals surface area (Å²) in [6.45, 7) is 5.48. The van der Waals surface area contributed by atoms with Gasteiger partial charge in [0.05, 0.1) is 0 Å². The molecular formula is C14H16N2O4. The quantitative estimate of drug-likeness (QED) is 0.825. The Morgan fingerprint density at radius 1 is 1.40 bits per heavy atom. The van der Waals surface area contributed by atoms with E-state index in [0.717, 1.165) is 0 Å². The van der Waals surface area contributed by atoms with Crippen LogP contribution < -0.4 is 14.8 Å². The first-order chi connectivity index (χ1) is 9.60. The van der Waals surface area contributed by atoms with Crippen molar-refractivity contribution in [2.24, 2.45) is 0 Å². The van der Waals surface area contributed by atoms with Crippen LogP contribution in [0.1, 0.15) is 6.92 Å². The van der Waals surface area contributed by atoms with Crippen LogP contribution in [0.25, 0.3) is 0 Å². The number of carbonyl (C=O) groups is 2. The molecule has 0 saturated carbocycles. The Bertz CT molecular complexity index is 542. The van der Waals surface area contributed by atoms with Gasteiger partial charge in [0.25, 0.3) is 0 Å². The maximum Gasteiger partial charge on any atom is 0.244 e. The molecule has 1 aromatic carbocycles. The second-order valence-electron chi connectivity index (χ2n) is 4.30. The minimum absolute atomic E-state index is 0.0181. The Morgan fingerprint density at radius 3 is 2.85 bits per heavy atom. The van der Waals surface area contributed by atoms with Crippen LogP contribution in [0.2, 0.25) is 0 Å². The molecular weight excluding hydrogens is 260 g/mol. The average molecular weight is 276 g/mol. The van der Waals surface area contributed by atoms with Crippen molar-refractivity contribution in [2.75, 3.05) is 25.2 Å². The van der Waals surface area contributed by atoms with E-state index in [1.165, 1.54) is 11.8 Å². The molecule has 1 aliphatic heterocycles. The van der Waals surface area contributed by atoms with Gasteiger partial charge < -0.3 is 19.7 Å². The first-order valence-corrected chi connectivity index (χ1v) is 6.16. The van der Waals surface area contributed by atoms with Crippen LogP contribution in [0.15, 0.2) is 30.9 Å². The fraction of sp³-hybridized carbons (Fsp3) is 0.286. The predicted molar refractivity (Wildman–Crippen MR) is 73.6 cm³/mol. The molecule has 2 amide bonds. The first-order valence-electron chi connectivity index (χ1n) is 6.16. The molecule has 0 fully saturated rings. The predicted octanol–water partition coefficient (Wildman–Crippen LogP) is 1.39. The minimum Gasteiger partial charge on any atom is -0.454 e. The molecule has 106 valence electrons. The maximum absolute atomic E-state index is 11.9. The fourth-order valence-electron chi connectivity index (χ4n) is 1.81. The van der Waals surface area contributed by atoms with Crippen LogP contribution in [0, 0.1) is 0 Å². The van der Waals surface area contributed by atoms with Gasteiger partial charge >= 0.3 is 0 Å². The van der Waals surface area contributed by atoms with Gasteiger partial charge in [-0.05, 0) is 12.1 Å². The van der Waals surface area contributed by atoms with Crippen LogP contribution in [-0.2, 0) is 9.59 Å². The number of ether oxygens (including phenoxy) is 2. The Hall–Kier alpha value is -2.50. The van der Waals surface area contributed by atoms with E-state index in [-0.39, 0.29) is 25.2 Å². The third-order valence-corrected chi connectivity index (χ3v) is 2.79. The van der Waals surface area contributed by atoms with Gasteiger partial charge in [-0.15, -0.1) is 6.58 Å². The van der Waals surface area contributed by atoms with Gasteiger partial charge in [-0.1, -0.05) is 6.08 Å². The van der Waals surface area contributed by atoms with Crippen molar-refractivity contribution in [2.45, 2.75) is 6.92 Å². The van der Waals surface area contributed by atoms with Crippen molar-refractivity contribution >= 4 is 17.5 Å². The van der Waals surface area contributed by atoms with E-state index in [1.54, 1.807) is 24.3 Å². The number of amides is 2. The number of hydrogen-bond acceptors (Lipinski definition) is 4. The van der Waals surface area contributed by atoms with Gasteiger partial charge in [0.2, 0.25) is 18.6 Å². The summed E-state index contributed by atoms with van der Waals surface area (Å²) in [4.78, 5) is 24.6. The highest BCUT2D eigenvalue weighted by Gasteiger charge is 2.16. The molecule has 0 unspecified atom stereocenters. The molecule has 2 rings (SSSR count). The van der Waals surface area contributed by atoms with Crippen LogP contribution >= 0.6 is 0 Å². The number of fused-ring (bicyclic) bond motifs is 1. The van der Waals surface area contributed by atoms with Gasteiger partial charge in [-0.3, -0.25) is 9.59 Å². The molecule has 1 N–H and O–H groups in total. The Labute approximate surface area is 117 Å². The SMILES string of the molecule is C=CCN(CC(=O)Nc1ccc2c(c1)OCO2)C(C)=O. The van der Waals surface area contributed by atoms with E-state index in [0.29, 0.717) is 23.7 Å². The Balaban J connectivity index is 1.97. The van der Waals surface area contributed by atoms with Crippen LogP contribution in [-0.4, -0.2) is 36.6 Å². The van der Waals surface area contributed by atoms with Gasteiger partial charge in [0, 0.05) is 25.2 Å². The zero-order chi connectivity index (χ0) is 14.5. The molecule has 6 heteroatoms. The van der Waals surface area contributed by atoms with E-state index in [9.17, 15) is 9.59 Å². The molecule has 0 radical (unpaired) electrons. The lowest BCUT2D eigenvalue weighted by molar-refractivity contribution is -0.132. The molecule has 0 saturated heterocycles. The van der Waals surface area contributed by atoms with Gasteiger partial charge in [0.1, 0.15) is 6.54 Å². The molecule has 0 bridgehead atoms. The zero-order valence-corrected chi connectivity index (χ0v) is 11.2. The van der Waals surface area contributed by atoms with Crippen molar-refractivity contribution in [3.63, 3.8) is 0 Å². The summed E-state index contributed by atoms with van der Waals surface area (Å²) in [6, 6.07) is 5.13. The summed E-state index contributed by atoms with van der Waals surface area (Å²) in [5, 5.41) is 2.71. The summed E-state index contributed by atoms with van der Waals surface area (Å²) >= 11 is 0. The minimum atomic E-state index is -0.277. The standard InChI is InChI=1S/C14H16N2O4/c1-3-6-16(10(2)17)8-14(18)15-11-4-5-12-13(7-11)20-9-19-12/h3-5,7H,1,6,8-9H2,2H3,(H,15,18). The van der Waals surface area contributed by atoms with Crippen molar-refractivity contribution in [3.05, 3.63) is 30.9 Å². The first kappa shape index (κ1) is 13.9. The topological polar surface area (TPSA) is 67.9 Å². The van der Waals surface area contributed by atoms with Crippen LogP contribution in [0.4, 0.5) is 5.69 Å². The largest absolute Gasteiger partial charge is 0.454 e. The monoisotopic (exact) mass is 276 g/mol. The molecule has 0 spiro atoms. The highest BCUT2D eigenvalue weighted by Crippen LogP contribution is 2.34. The summed E-state index contributed by atoms with van der Waals surface area (Å²) in [5.74, 6) is 0.795. The lowest BCUT2D eigenvalue weighted by Crippen LogP contribution is -2.36. The molecule has 1 aliphatic rings. The number of benzene rings is 1.